The molecule has 0 saturated heterocycles. The molecule has 0 aliphatic rings. The fourth-order valence-corrected chi connectivity index (χ4v) is 3.28. The maximum atomic E-state index is 4.77. The van der Waals surface area contributed by atoms with Crippen molar-refractivity contribution in [3.8, 4) is 21.8 Å². The van der Waals surface area contributed by atoms with E-state index in [4.69, 9.17) is 4.98 Å². The third-order valence-electron chi connectivity index (χ3n) is 3.48. The molecule has 1 aromatic carbocycles. The highest BCUT2D eigenvalue weighted by atomic mass is 32.1. The molecule has 4 aromatic rings. The number of nitrogens with one attached hydrogen (secondary N) is 1. The summed E-state index contributed by atoms with van der Waals surface area (Å²) in [4.78, 5) is 12.5. The van der Waals surface area contributed by atoms with Gasteiger partial charge in [-0.05, 0) is 19.1 Å². The molecular weight excluding hydrogens is 278 g/mol. The van der Waals surface area contributed by atoms with Crippen LogP contribution in [0.4, 0.5) is 0 Å². The van der Waals surface area contributed by atoms with Crippen LogP contribution in [-0.2, 0) is 0 Å². The zero-order chi connectivity index (χ0) is 14.2. The summed E-state index contributed by atoms with van der Waals surface area (Å²) in [6.45, 7) is 2.00. The lowest BCUT2D eigenvalue weighted by atomic mass is 10.2. The van der Waals surface area contributed by atoms with Crippen molar-refractivity contribution in [2.45, 2.75) is 6.92 Å². The molecule has 4 heteroatoms. The van der Waals surface area contributed by atoms with Crippen molar-refractivity contribution in [1.82, 2.24) is 15.0 Å². The molecule has 3 nitrogen and oxygen atoms in total. The Kier molecular flexibility index (Phi) is 2.82. The van der Waals surface area contributed by atoms with Gasteiger partial charge in [-0.1, -0.05) is 30.3 Å². The lowest BCUT2D eigenvalue weighted by Crippen LogP contribution is -1.81. The van der Waals surface area contributed by atoms with E-state index in [1.807, 2.05) is 37.4 Å². The van der Waals surface area contributed by atoms with E-state index < -0.39 is 0 Å². The van der Waals surface area contributed by atoms with Crippen molar-refractivity contribution in [1.29, 1.82) is 0 Å². The number of benzene rings is 1. The lowest BCUT2D eigenvalue weighted by molar-refractivity contribution is 1.22. The van der Waals surface area contributed by atoms with Crippen LogP contribution in [0.1, 0.15) is 5.69 Å². The molecule has 0 amide bonds. The highest BCUT2D eigenvalue weighted by Gasteiger charge is 2.11. The van der Waals surface area contributed by atoms with Gasteiger partial charge < -0.3 is 4.98 Å². The third-order valence-corrected chi connectivity index (χ3v) is 4.36. The molecule has 1 N–H and O–H groups in total. The van der Waals surface area contributed by atoms with E-state index in [2.05, 4.69) is 33.5 Å². The number of hydrogen-bond acceptors (Lipinski definition) is 3. The van der Waals surface area contributed by atoms with Gasteiger partial charge >= 0.3 is 0 Å². The maximum Gasteiger partial charge on any atom is 0.138 e. The molecule has 21 heavy (non-hydrogen) atoms. The first-order chi connectivity index (χ1) is 10.3. The van der Waals surface area contributed by atoms with E-state index in [0.717, 1.165) is 38.6 Å². The summed E-state index contributed by atoms with van der Waals surface area (Å²) in [6.07, 6.45) is 1.99. The van der Waals surface area contributed by atoms with Gasteiger partial charge in [0.25, 0.3) is 0 Å². The van der Waals surface area contributed by atoms with Crippen molar-refractivity contribution in [2.24, 2.45) is 0 Å². The molecule has 0 atom stereocenters. The molecule has 0 spiro atoms. The molecule has 0 radical (unpaired) electrons. The Morgan fingerprint density at radius 2 is 1.86 bits per heavy atom. The van der Waals surface area contributed by atoms with Crippen LogP contribution in [0.15, 0.2) is 54.0 Å². The number of aryl methyl sites for hydroxylation is 1. The number of pyridine rings is 1. The normalized spacial score (nSPS) is 11.1. The van der Waals surface area contributed by atoms with Crippen LogP contribution in [0.3, 0.4) is 0 Å². The van der Waals surface area contributed by atoms with Gasteiger partial charge in [0.1, 0.15) is 10.7 Å². The average Bonchev–Trinajstić information content (AvgIpc) is 3.13. The largest absolute Gasteiger partial charge is 0.345 e. The SMILES string of the molecule is Cc1ccc2c(-c3nc(-c4ccccc4)cs3)c[nH]c2n1. The van der Waals surface area contributed by atoms with E-state index in [-0.39, 0.29) is 0 Å². The second kappa shape index (κ2) is 4.82. The number of thiazole rings is 1. The summed E-state index contributed by atoms with van der Waals surface area (Å²) in [5.74, 6) is 0. The quantitative estimate of drug-likeness (QED) is 0.583. The first-order valence-corrected chi connectivity index (χ1v) is 7.65. The van der Waals surface area contributed by atoms with E-state index in [1.165, 1.54) is 0 Å². The van der Waals surface area contributed by atoms with Gasteiger partial charge in [-0.2, -0.15) is 0 Å². The predicted molar refractivity (Wildman–Crippen MR) is 87.4 cm³/mol. The van der Waals surface area contributed by atoms with E-state index in [0.29, 0.717) is 0 Å². The van der Waals surface area contributed by atoms with Crippen molar-refractivity contribution >= 4 is 22.4 Å². The van der Waals surface area contributed by atoms with Crippen molar-refractivity contribution in [3.63, 3.8) is 0 Å². The fourth-order valence-electron chi connectivity index (χ4n) is 2.42. The van der Waals surface area contributed by atoms with Gasteiger partial charge in [0.05, 0.1) is 5.69 Å². The zero-order valence-electron chi connectivity index (χ0n) is 11.5. The number of aromatic nitrogens is 3. The van der Waals surface area contributed by atoms with Gasteiger partial charge in [-0.15, -0.1) is 11.3 Å². The van der Waals surface area contributed by atoms with Gasteiger partial charge in [0.15, 0.2) is 0 Å². The third kappa shape index (κ3) is 2.14. The minimum atomic E-state index is 0.918. The van der Waals surface area contributed by atoms with Crippen LogP contribution < -0.4 is 0 Å². The minimum absolute atomic E-state index is 0.918. The Morgan fingerprint density at radius 3 is 2.71 bits per heavy atom. The van der Waals surface area contributed by atoms with Crippen LogP contribution in [0, 0.1) is 6.92 Å². The summed E-state index contributed by atoms with van der Waals surface area (Å²) in [6, 6.07) is 14.4. The summed E-state index contributed by atoms with van der Waals surface area (Å²) >= 11 is 1.66. The number of H-pyrrole nitrogens is 1. The van der Waals surface area contributed by atoms with Crippen LogP contribution in [0.25, 0.3) is 32.9 Å². The van der Waals surface area contributed by atoms with E-state index >= 15 is 0 Å². The molecular formula is C17H13N3S. The number of aromatic amines is 1. The Morgan fingerprint density at radius 1 is 1.00 bits per heavy atom. The number of rotatable bonds is 2. The van der Waals surface area contributed by atoms with Gasteiger partial charge in [0.2, 0.25) is 0 Å². The Labute approximate surface area is 126 Å². The van der Waals surface area contributed by atoms with Crippen LogP contribution >= 0.6 is 11.3 Å². The van der Waals surface area contributed by atoms with Gasteiger partial charge in [-0.3, -0.25) is 0 Å². The lowest BCUT2D eigenvalue weighted by Gasteiger charge is -1.96. The molecule has 4 rings (SSSR count). The monoisotopic (exact) mass is 291 g/mol. The second-order valence-electron chi connectivity index (χ2n) is 4.96. The summed E-state index contributed by atoms with van der Waals surface area (Å²) in [7, 11) is 0. The second-order valence-corrected chi connectivity index (χ2v) is 5.81. The van der Waals surface area contributed by atoms with Crippen LogP contribution in [0.2, 0.25) is 0 Å². The predicted octanol–water partition coefficient (Wildman–Crippen LogP) is 4.66. The Hall–Kier alpha value is -2.46. The Bertz CT molecular complexity index is 906. The number of nitrogens with zero attached hydrogens (tertiary/aromatic N) is 2. The summed E-state index contributed by atoms with van der Waals surface area (Å²) in [5.41, 5.74) is 5.21. The highest BCUT2D eigenvalue weighted by Crippen LogP contribution is 2.33. The zero-order valence-corrected chi connectivity index (χ0v) is 12.3. The molecule has 0 fully saturated rings. The highest BCUT2D eigenvalue weighted by molar-refractivity contribution is 7.13. The van der Waals surface area contributed by atoms with E-state index in [1.54, 1.807) is 11.3 Å². The first kappa shape index (κ1) is 12.3. The molecule has 3 heterocycles. The van der Waals surface area contributed by atoms with Crippen LogP contribution in [0.5, 0.6) is 0 Å². The molecule has 0 aliphatic heterocycles. The molecule has 0 saturated carbocycles. The van der Waals surface area contributed by atoms with Crippen molar-refractivity contribution in [3.05, 3.63) is 59.7 Å². The summed E-state index contributed by atoms with van der Waals surface area (Å²) < 4.78 is 0. The standard InChI is InChI=1S/C17H13N3S/c1-11-7-8-13-14(9-18-16(13)19-11)17-20-15(10-21-17)12-5-3-2-4-6-12/h2-10H,1H3,(H,18,19). The average molecular weight is 291 g/mol. The van der Waals surface area contributed by atoms with Crippen LogP contribution in [-0.4, -0.2) is 15.0 Å². The van der Waals surface area contributed by atoms with Gasteiger partial charge in [-0.25, -0.2) is 9.97 Å². The molecule has 0 bridgehead atoms. The maximum absolute atomic E-state index is 4.77. The molecule has 3 aromatic heterocycles. The smallest absolute Gasteiger partial charge is 0.138 e. The van der Waals surface area contributed by atoms with Crippen molar-refractivity contribution < 1.29 is 0 Å². The van der Waals surface area contributed by atoms with Crippen molar-refractivity contribution in [2.75, 3.05) is 0 Å². The topological polar surface area (TPSA) is 41.6 Å². The molecule has 0 aliphatic carbocycles. The van der Waals surface area contributed by atoms with Gasteiger partial charge in [0, 0.05) is 33.8 Å². The minimum Gasteiger partial charge on any atom is -0.345 e. The molecule has 102 valence electrons. The fraction of sp³-hybridized carbons (Fsp3) is 0.0588. The number of fused-ring (bicyclic) bond motifs is 1. The van der Waals surface area contributed by atoms with E-state index in [9.17, 15) is 0 Å². The summed E-state index contributed by atoms with van der Waals surface area (Å²) in [5, 5.41) is 4.24. The Balaban J connectivity index is 1.81. The molecule has 0 unspecified atom stereocenters. The number of hydrogen-bond donors (Lipinski definition) is 1. The first-order valence-electron chi connectivity index (χ1n) is 6.77.